The zero-order valence-electron chi connectivity index (χ0n) is 16.8. The molecule has 9 nitrogen and oxygen atoms in total. The molecule has 2 heterocycles. The average molecular weight is 436 g/mol. The number of halogens is 1. The minimum Gasteiger partial charge on any atom is -0.480 e. The number of carbonyl (C=O) groups is 1. The highest BCUT2D eigenvalue weighted by Gasteiger charge is 2.20. The minimum absolute atomic E-state index is 0.227. The number of carboxylic acid groups (broad SMARTS) is 1. The molecule has 0 aliphatic heterocycles. The maximum absolute atomic E-state index is 11.1. The maximum Gasteiger partial charge on any atom is 0.323 e. The van der Waals surface area contributed by atoms with Gasteiger partial charge in [-0.2, -0.15) is 4.68 Å². The number of hydrogen-bond acceptors (Lipinski definition) is 7. The van der Waals surface area contributed by atoms with Gasteiger partial charge in [-0.25, -0.2) is 9.97 Å². The van der Waals surface area contributed by atoms with Crippen molar-refractivity contribution in [1.29, 1.82) is 0 Å². The minimum atomic E-state index is -0.973. The van der Waals surface area contributed by atoms with Crippen molar-refractivity contribution >= 4 is 23.5 Å². The van der Waals surface area contributed by atoms with Gasteiger partial charge in [0.25, 0.3) is 0 Å². The van der Waals surface area contributed by atoms with Gasteiger partial charge in [-0.3, -0.25) is 4.79 Å². The number of aromatic nitrogens is 6. The highest BCUT2D eigenvalue weighted by atomic mass is 35.5. The van der Waals surface area contributed by atoms with E-state index in [4.69, 9.17) is 16.7 Å². The first-order valence-electron chi connectivity index (χ1n) is 9.34. The van der Waals surface area contributed by atoms with Gasteiger partial charge in [-0.1, -0.05) is 41.4 Å². The first-order chi connectivity index (χ1) is 14.9. The van der Waals surface area contributed by atoms with Gasteiger partial charge in [-0.15, -0.1) is 5.10 Å². The quantitative estimate of drug-likeness (QED) is 0.491. The molecule has 0 aliphatic carbocycles. The summed E-state index contributed by atoms with van der Waals surface area (Å²) in [7, 11) is 1.62. The highest BCUT2D eigenvalue weighted by Crippen LogP contribution is 2.31. The Morgan fingerprint density at radius 1 is 1.13 bits per heavy atom. The summed E-state index contributed by atoms with van der Waals surface area (Å²) < 4.78 is 1.58. The molecule has 0 aliphatic rings. The van der Waals surface area contributed by atoms with Gasteiger partial charge < -0.3 is 10.0 Å². The van der Waals surface area contributed by atoms with Crippen molar-refractivity contribution in [2.24, 2.45) is 0 Å². The van der Waals surface area contributed by atoms with Crippen molar-refractivity contribution in [3.05, 3.63) is 65.3 Å². The molecule has 156 valence electrons. The summed E-state index contributed by atoms with van der Waals surface area (Å²) in [6.07, 6.45) is 1.61. The lowest BCUT2D eigenvalue weighted by atomic mass is 10.0. The Morgan fingerprint density at radius 2 is 1.84 bits per heavy atom. The molecule has 0 bridgehead atoms. The van der Waals surface area contributed by atoms with Gasteiger partial charge in [0, 0.05) is 23.8 Å². The molecule has 0 saturated carbocycles. The van der Waals surface area contributed by atoms with Gasteiger partial charge in [0.05, 0.1) is 16.9 Å². The lowest BCUT2D eigenvalue weighted by molar-refractivity contribution is -0.135. The van der Waals surface area contributed by atoms with E-state index in [0.29, 0.717) is 22.1 Å². The van der Waals surface area contributed by atoms with Crippen LogP contribution in [0.5, 0.6) is 0 Å². The van der Waals surface area contributed by atoms with E-state index in [9.17, 15) is 4.79 Å². The number of carboxylic acids is 1. The Morgan fingerprint density at radius 3 is 2.52 bits per heavy atom. The van der Waals surface area contributed by atoms with Crippen LogP contribution in [0.2, 0.25) is 5.02 Å². The van der Waals surface area contributed by atoms with E-state index in [0.717, 1.165) is 16.8 Å². The van der Waals surface area contributed by atoms with Crippen LogP contribution in [0.25, 0.3) is 28.3 Å². The number of anilines is 1. The molecule has 31 heavy (non-hydrogen) atoms. The number of likely N-dealkylation sites (N-methyl/N-ethyl adjacent to an activating group) is 1. The van der Waals surface area contributed by atoms with Crippen LogP contribution in [0.3, 0.4) is 0 Å². The molecular formula is C21H18ClN7O2. The number of hydrogen-bond donors (Lipinski definition) is 1. The van der Waals surface area contributed by atoms with Gasteiger partial charge in [0.2, 0.25) is 5.95 Å². The second-order valence-electron chi connectivity index (χ2n) is 6.94. The number of rotatable bonds is 6. The summed E-state index contributed by atoms with van der Waals surface area (Å²) in [4.78, 5) is 21.6. The van der Waals surface area contributed by atoms with E-state index >= 15 is 0 Å². The predicted octanol–water partition coefficient (Wildman–Crippen LogP) is 3.27. The number of tetrazole rings is 1. The van der Waals surface area contributed by atoms with Crippen molar-refractivity contribution in [2.75, 3.05) is 18.5 Å². The Kier molecular flexibility index (Phi) is 5.59. The number of benzene rings is 2. The Hall–Kier alpha value is -3.85. The smallest absolute Gasteiger partial charge is 0.323 e. The van der Waals surface area contributed by atoms with Crippen LogP contribution in [0.15, 0.2) is 54.7 Å². The Bertz CT molecular complexity index is 1220. The SMILES string of the molecule is Cc1ccc(-c2nc(N(C)CC(=O)O)ncc2-c2nnnn2-c2ccc(Cl)cc2)cc1. The van der Waals surface area contributed by atoms with Crippen LogP contribution in [-0.4, -0.2) is 54.8 Å². The first-order valence-corrected chi connectivity index (χ1v) is 9.72. The third kappa shape index (κ3) is 4.36. The molecule has 0 spiro atoms. The third-order valence-corrected chi connectivity index (χ3v) is 4.85. The fraction of sp³-hybridized carbons (Fsp3) is 0.143. The van der Waals surface area contributed by atoms with E-state index in [-0.39, 0.29) is 12.5 Å². The lowest BCUT2D eigenvalue weighted by Gasteiger charge is -2.17. The molecule has 2 aromatic heterocycles. The van der Waals surface area contributed by atoms with E-state index in [1.807, 2.05) is 43.3 Å². The van der Waals surface area contributed by atoms with E-state index < -0.39 is 5.97 Å². The summed E-state index contributed by atoms with van der Waals surface area (Å²) in [5.74, 6) is -0.240. The molecule has 1 N–H and O–H groups in total. The normalized spacial score (nSPS) is 10.8. The Labute approximate surface area is 183 Å². The molecule has 10 heteroatoms. The molecule has 0 radical (unpaired) electrons. The van der Waals surface area contributed by atoms with Crippen LogP contribution in [0, 0.1) is 6.92 Å². The standard InChI is InChI=1S/C21H18ClN7O2/c1-13-3-5-14(6-4-13)19-17(11-23-21(24-19)28(2)12-18(30)31)20-25-26-27-29(20)16-9-7-15(22)8-10-16/h3-11H,12H2,1-2H3,(H,30,31). The summed E-state index contributed by atoms with van der Waals surface area (Å²) in [6, 6.07) is 15.0. The fourth-order valence-corrected chi connectivity index (χ4v) is 3.16. The highest BCUT2D eigenvalue weighted by molar-refractivity contribution is 6.30. The van der Waals surface area contributed by atoms with E-state index in [2.05, 4.69) is 25.5 Å². The van der Waals surface area contributed by atoms with Crippen LogP contribution >= 0.6 is 11.6 Å². The van der Waals surface area contributed by atoms with Crippen molar-refractivity contribution in [3.63, 3.8) is 0 Å². The zero-order valence-corrected chi connectivity index (χ0v) is 17.5. The van der Waals surface area contributed by atoms with Gasteiger partial charge >= 0.3 is 5.97 Å². The van der Waals surface area contributed by atoms with E-state index in [1.54, 1.807) is 30.1 Å². The van der Waals surface area contributed by atoms with Crippen molar-refractivity contribution in [1.82, 2.24) is 30.2 Å². The first kappa shape index (κ1) is 20.4. The van der Waals surface area contributed by atoms with Crippen molar-refractivity contribution in [2.45, 2.75) is 6.92 Å². The number of aliphatic carboxylic acids is 1. The lowest BCUT2D eigenvalue weighted by Crippen LogP contribution is -2.27. The monoisotopic (exact) mass is 435 g/mol. The molecule has 2 aromatic carbocycles. The molecular weight excluding hydrogens is 418 g/mol. The van der Waals surface area contributed by atoms with Gasteiger partial charge in [-0.05, 0) is 41.6 Å². The van der Waals surface area contributed by atoms with Crippen LogP contribution in [0.1, 0.15) is 5.56 Å². The molecule has 0 atom stereocenters. The number of aryl methyl sites for hydroxylation is 1. The summed E-state index contributed by atoms with van der Waals surface area (Å²) >= 11 is 6.00. The molecule has 4 rings (SSSR count). The second kappa shape index (κ2) is 8.49. The fourth-order valence-electron chi connectivity index (χ4n) is 3.04. The molecule has 0 fully saturated rings. The molecule has 0 amide bonds. The second-order valence-corrected chi connectivity index (χ2v) is 7.38. The van der Waals surface area contributed by atoms with Crippen molar-refractivity contribution in [3.8, 4) is 28.3 Å². The van der Waals surface area contributed by atoms with Crippen LogP contribution in [-0.2, 0) is 4.79 Å². The van der Waals surface area contributed by atoms with Crippen LogP contribution in [0.4, 0.5) is 5.95 Å². The summed E-state index contributed by atoms with van der Waals surface area (Å²) in [5.41, 5.74) is 3.86. The summed E-state index contributed by atoms with van der Waals surface area (Å²) in [5, 5.41) is 21.8. The third-order valence-electron chi connectivity index (χ3n) is 4.60. The molecule has 0 unspecified atom stereocenters. The van der Waals surface area contributed by atoms with E-state index in [1.165, 1.54) is 4.90 Å². The number of nitrogens with zero attached hydrogens (tertiary/aromatic N) is 7. The topological polar surface area (TPSA) is 110 Å². The zero-order chi connectivity index (χ0) is 22.0. The average Bonchev–Trinajstić information content (AvgIpc) is 3.23. The summed E-state index contributed by atoms with van der Waals surface area (Å²) in [6.45, 7) is 1.77. The van der Waals surface area contributed by atoms with Crippen molar-refractivity contribution < 1.29 is 9.90 Å². The maximum atomic E-state index is 11.1. The predicted molar refractivity (Wildman–Crippen MR) is 116 cm³/mol. The Balaban J connectivity index is 1.86. The molecule has 0 saturated heterocycles. The van der Waals surface area contributed by atoms with Gasteiger partial charge in [0.1, 0.15) is 6.54 Å². The molecule has 4 aromatic rings. The van der Waals surface area contributed by atoms with Gasteiger partial charge in [0.15, 0.2) is 5.82 Å². The van der Waals surface area contributed by atoms with Crippen LogP contribution < -0.4 is 4.90 Å². The largest absolute Gasteiger partial charge is 0.480 e.